The summed E-state index contributed by atoms with van der Waals surface area (Å²) in [4.78, 5) is 3.53. The van der Waals surface area contributed by atoms with Crippen LogP contribution in [0.4, 0.5) is 0 Å². The molecule has 1 fully saturated rings. The molecule has 1 spiro atoms. The van der Waals surface area contributed by atoms with Crippen molar-refractivity contribution in [2.45, 2.75) is 38.6 Å². The lowest BCUT2D eigenvalue weighted by Gasteiger charge is -2.49. The van der Waals surface area contributed by atoms with Crippen LogP contribution in [0.25, 0.3) is 0 Å². The summed E-state index contributed by atoms with van der Waals surface area (Å²) in [6, 6.07) is 2.28. The summed E-state index contributed by atoms with van der Waals surface area (Å²) < 4.78 is 1.21. The lowest BCUT2D eigenvalue weighted by molar-refractivity contribution is 0.126. The maximum Gasteiger partial charge on any atom is 0.191 e. The first-order chi connectivity index (χ1) is 11.9. The molecule has 1 saturated heterocycles. The minimum atomic E-state index is -0.0756. The molecule has 134 valence electrons. The minimum absolute atomic E-state index is 0.0756. The van der Waals surface area contributed by atoms with Gasteiger partial charge >= 0.3 is 0 Å². The van der Waals surface area contributed by atoms with Crippen LogP contribution < -0.4 is 5.32 Å². The SMILES string of the molecule is CC(C)C1=CCC([C@H]2CN(C)C(=N)N[C@@]23CCc2cc(Br)sc23)C=C1. The van der Waals surface area contributed by atoms with Crippen LogP contribution in [0.2, 0.25) is 0 Å². The number of hydrogen-bond donors (Lipinski definition) is 2. The lowest BCUT2D eigenvalue weighted by Crippen LogP contribution is -2.63. The summed E-state index contributed by atoms with van der Waals surface area (Å²) in [5, 5.41) is 12.0. The maximum atomic E-state index is 8.40. The molecule has 1 aliphatic heterocycles. The van der Waals surface area contributed by atoms with Gasteiger partial charge in [-0.2, -0.15) is 0 Å². The summed E-state index contributed by atoms with van der Waals surface area (Å²) in [5.41, 5.74) is 2.85. The average molecular weight is 420 g/mol. The van der Waals surface area contributed by atoms with Crippen LogP contribution in [-0.4, -0.2) is 24.5 Å². The first kappa shape index (κ1) is 17.3. The fraction of sp³-hybridized carbons (Fsp3) is 0.550. The first-order valence-electron chi connectivity index (χ1n) is 9.15. The van der Waals surface area contributed by atoms with Crippen LogP contribution in [-0.2, 0) is 12.0 Å². The van der Waals surface area contributed by atoms with Gasteiger partial charge in [-0.25, -0.2) is 0 Å². The van der Waals surface area contributed by atoms with Crippen LogP contribution in [0.15, 0.2) is 33.7 Å². The topological polar surface area (TPSA) is 39.1 Å². The number of thiophene rings is 1. The Hall–Kier alpha value is -1.07. The number of aryl methyl sites for hydroxylation is 1. The van der Waals surface area contributed by atoms with Crippen molar-refractivity contribution in [1.82, 2.24) is 10.2 Å². The third-order valence-electron chi connectivity index (χ3n) is 6.14. The van der Waals surface area contributed by atoms with Crippen molar-refractivity contribution >= 4 is 33.2 Å². The molecule has 3 aliphatic rings. The second-order valence-electron chi connectivity index (χ2n) is 7.95. The van der Waals surface area contributed by atoms with Crippen molar-refractivity contribution in [3.05, 3.63) is 44.1 Å². The molecule has 1 unspecified atom stereocenters. The number of guanidine groups is 1. The Morgan fingerprint density at radius 2 is 2.24 bits per heavy atom. The van der Waals surface area contributed by atoms with Gasteiger partial charge in [0.25, 0.3) is 0 Å². The fourth-order valence-corrected chi connectivity index (χ4v) is 6.64. The molecule has 1 aromatic rings. The van der Waals surface area contributed by atoms with Crippen LogP contribution in [0.3, 0.4) is 0 Å². The van der Waals surface area contributed by atoms with Gasteiger partial charge in [0, 0.05) is 24.4 Å². The quantitative estimate of drug-likeness (QED) is 0.715. The van der Waals surface area contributed by atoms with Crippen molar-refractivity contribution in [1.29, 1.82) is 5.41 Å². The molecule has 1 aromatic heterocycles. The Bertz CT molecular complexity index is 763. The second-order valence-corrected chi connectivity index (χ2v) is 10.4. The fourth-order valence-electron chi connectivity index (χ4n) is 4.70. The van der Waals surface area contributed by atoms with Gasteiger partial charge in [-0.15, -0.1) is 11.3 Å². The number of halogens is 1. The Balaban J connectivity index is 1.70. The molecule has 2 aliphatic carbocycles. The first-order valence-corrected chi connectivity index (χ1v) is 10.8. The second kappa shape index (κ2) is 6.27. The maximum absolute atomic E-state index is 8.40. The zero-order valence-electron chi connectivity index (χ0n) is 15.1. The molecule has 3 nitrogen and oxygen atoms in total. The highest BCUT2D eigenvalue weighted by Gasteiger charge is 2.52. The van der Waals surface area contributed by atoms with Gasteiger partial charge in [0.05, 0.1) is 9.33 Å². The Morgan fingerprint density at radius 1 is 1.44 bits per heavy atom. The lowest BCUT2D eigenvalue weighted by atomic mass is 9.70. The monoisotopic (exact) mass is 419 g/mol. The van der Waals surface area contributed by atoms with Crippen molar-refractivity contribution in [2.24, 2.45) is 17.8 Å². The Morgan fingerprint density at radius 3 is 2.92 bits per heavy atom. The Labute approximate surface area is 162 Å². The van der Waals surface area contributed by atoms with Crippen molar-refractivity contribution in [3.63, 3.8) is 0 Å². The van der Waals surface area contributed by atoms with Gasteiger partial charge in [0.1, 0.15) is 0 Å². The molecule has 25 heavy (non-hydrogen) atoms. The van der Waals surface area contributed by atoms with Crippen LogP contribution in [0.1, 0.15) is 37.1 Å². The third-order valence-corrected chi connectivity index (χ3v) is 8.00. The van der Waals surface area contributed by atoms with E-state index in [0.717, 1.165) is 25.8 Å². The number of hydrogen-bond acceptors (Lipinski definition) is 2. The van der Waals surface area contributed by atoms with Gasteiger partial charge in [0.2, 0.25) is 0 Å². The van der Waals surface area contributed by atoms with Crippen LogP contribution in [0, 0.1) is 23.2 Å². The van der Waals surface area contributed by atoms with E-state index in [-0.39, 0.29) is 5.54 Å². The van der Waals surface area contributed by atoms with E-state index < -0.39 is 0 Å². The predicted octanol–water partition coefficient (Wildman–Crippen LogP) is 4.90. The molecule has 3 atom stereocenters. The summed E-state index contributed by atoms with van der Waals surface area (Å²) in [7, 11) is 2.04. The summed E-state index contributed by atoms with van der Waals surface area (Å²) in [6.45, 7) is 5.48. The standard InChI is InChI=1S/C20H26BrN3S/c1-12(2)13-4-6-14(7-5-13)16-11-24(3)19(22)23-20(16)9-8-15-10-17(21)25-18(15)20/h4-6,10,12,14,16H,7-9,11H2,1-3H3,(H2,22,23)/t14?,16-,20+/m1/s1. The van der Waals surface area contributed by atoms with Crippen LogP contribution >= 0.6 is 27.3 Å². The average Bonchev–Trinajstić information content (AvgIpc) is 3.10. The zero-order valence-corrected chi connectivity index (χ0v) is 17.5. The molecule has 0 bridgehead atoms. The molecule has 2 N–H and O–H groups in total. The largest absolute Gasteiger partial charge is 0.346 e. The summed E-state index contributed by atoms with van der Waals surface area (Å²) in [5.74, 6) is 2.17. The molecule has 5 heteroatoms. The van der Waals surface area contributed by atoms with E-state index in [0.29, 0.717) is 23.7 Å². The van der Waals surface area contributed by atoms with Gasteiger partial charge < -0.3 is 10.2 Å². The van der Waals surface area contributed by atoms with Gasteiger partial charge in [0.15, 0.2) is 5.96 Å². The van der Waals surface area contributed by atoms with E-state index in [2.05, 4.69) is 64.3 Å². The molecule has 0 saturated carbocycles. The van der Waals surface area contributed by atoms with E-state index in [4.69, 9.17) is 5.41 Å². The third kappa shape index (κ3) is 2.80. The van der Waals surface area contributed by atoms with Crippen molar-refractivity contribution < 1.29 is 0 Å². The minimum Gasteiger partial charge on any atom is -0.346 e. The van der Waals surface area contributed by atoms with Crippen molar-refractivity contribution in [3.8, 4) is 0 Å². The van der Waals surface area contributed by atoms with Crippen molar-refractivity contribution in [2.75, 3.05) is 13.6 Å². The number of nitrogens with zero attached hydrogens (tertiary/aromatic N) is 1. The van der Waals surface area contributed by atoms with E-state index in [1.807, 2.05) is 18.4 Å². The molecule has 2 heterocycles. The van der Waals surface area contributed by atoms with E-state index in [1.54, 1.807) is 0 Å². The van der Waals surface area contributed by atoms with E-state index in [9.17, 15) is 0 Å². The molecular weight excluding hydrogens is 394 g/mol. The molecule has 0 radical (unpaired) electrons. The van der Waals surface area contributed by atoms with E-state index >= 15 is 0 Å². The highest BCUT2D eigenvalue weighted by molar-refractivity contribution is 9.11. The highest BCUT2D eigenvalue weighted by atomic mass is 79.9. The number of rotatable bonds is 2. The normalized spacial score (nSPS) is 31.5. The molecular formula is C20H26BrN3S. The molecule has 0 aromatic carbocycles. The molecule has 0 amide bonds. The zero-order chi connectivity index (χ0) is 17.8. The summed E-state index contributed by atoms with van der Waals surface area (Å²) in [6.07, 6.45) is 10.5. The smallest absolute Gasteiger partial charge is 0.191 e. The van der Waals surface area contributed by atoms with E-state index in [1.165, 1.54) is 19.8 Å². The predicted molar refractivity (Wildman–Crippen MR) is 109 cm³/mol. The Kier molecular flexibility index (Phi) is 4.35. The van der Waals surface area contributed by atoms with Crippen LogP contribution in [0.5, 0.6) is 0 Å². The number of allylic oxidation sites excluding steroid dienone is 4. The molecule has 4 rings (SSSR count). The highest BCUT2D eigenvalue weighted by Crippen LogP contribution is 2.52. The van der Waals surface area contributed by atoms with Gasteiger partial charge in [-0.1, -0.05) is 32.1 Å². The number of nitrogens with one attached hydrogen (secondary N) is 2. The summed E-state index contributed by atoms with van der Waals surface area (Å²) >= 11 is 5.54. The number of fused-ring (bicyclic) bond motifs is 2. The van der Waals surface area contributed by atoms with Gasteiger partial charge in [-0.05, 0) is 64.2 Å². The van der Waals surface area contributed by atoms with Gasteiger partial charge in [-0.3, -0.25) is 5.41 Å².